The maximum absolute atomic E-state index is 14.5. The number of Topliss-reactive ketones (excluding diaryl/α,β-unsaturated/α-hetero) is 1. The number of carbonyl (C=O) groups excluding carboxylic acids is 2. The molecule has 0 spiro atoms. The summed E-state index contributed by atoms with van der Waals surface area (Å²) in [7, 11) is -3.06. The largest absolute Gasteiger partial charge is 0.466 e. The zero-order valence-corrected chi connectivity index (χ0v) is 35.2. The van der Waals surface area contributed by atoms with Crippen LogP contribution in [0, 0.1) is 25.5 Å². The van der Waals surface area contributed by atoms with Crippen LogP contribution in [0.4, 0.5) is 8.78 Å². The standard InChI is InChI=1S/C21H26BrFN2O3S.C19H21FN2O2S/c1-6-28-18(26)13-21(25-29(27)20(3,4)5,19-16(22)8-7-11-24-19)15-10-9-14(2)17(23)12-15;1-12-7-8-13(10-15(12)20)19(22-25(24)18(2,3)4)11-16(23)14-6-5-9-21-17(14)19/h7-12,25H,6,13H2,1-5H3;5-10,22H,11H2,1-4H3/t21-,29+;19-,25+/m00/s1. The van der Waals surface area contributed by atoms with E-state index >= 15 is 0 Å². The Hall–Kier alpha value is -3.56. The summed E-state index contributed by atoms with van der Waals surface area (Å²) in [5.74, 6) is -1.39. The summed E-state index contributed by atoms with van der Waals surface area (Å²) >= 11 is 3.48. The first kappa shape index (κ1) is 43.2. The normalized spacial score (nSPS) is 17.8. The lowest BCUT2D eigenvalue weighted by molar-refractivity contribution is -0.144. The van der Waals surface area contributed by atoms with E-state index < -0.39 is 54.3 Å². The van der Waals surface area contributed by atoms with Gasteiger partial charge in [-0.3, -0.25) is 19.6 Å². The van der Waals surface area contributed by atoms with E-state index in [1.54, 1.807) is 81.7 Å². The van der Waals surface area contributed by atoms with Gasteiger partial charge >= 0.3 is 5.97 Å². The average molecular weight is 846 g/mol. The van der Waals surface area contributed by atoms with Crippen molar-refractivity contribution in [2.24, 2.45) is 0 Å². The van der Waals surface area contributed by atoms with Crippen molar-refractivity contribution in [1.29, 1.82) is 0 Å². The number of nitrogens with one attached hydrogen (secondary N) is 2. The lowest BCUT2D eigenvalue weighted by Gasteiger charge is -2.36. The van der Waals surface area contributed by atoms with Gasteiger partial charge in [-0.25, -0.2) is 26.6 Å². The van der Waals surface area contributed by atoms with Gasteiger partial charge in [0.05, 0.1) is 55.9 Å². The number of fused-ring (bicyclic) bond motifs is 1. The molecule has 9 nitrogen and oxygen atoms in total. The second-order valence-electron chi connectivity index (χ2n) is 15.0. The van der Waals surface area contributed by atoms with Gasteiger partial charge in [0.1, 0.15) is 22.7 Å². The summed E-state index contributed by atoms with van der Waals surface area (Å²) in [6, 6.07) is 16.4. The zero-order valence-electron chi connectivity index (χ0n) is 31.9. The number of aryl methyl sites for hydroxylation is 2. The van der Waals surface area contributed by atoms with Crippen LogP contribution >= 0.6 is 15.9 Å². The van der Waals surface area contributed by atoms with Crippen molar-refractivity contribution < 1.29 is 31.5 Å². The molecule has 4 atom stereocenters. The molecule has 1 aliphatic rings. The third-order valence-corrected chi connectivity index (χ3v) is 12.7. The third-order valence-electron chi connectivity index (χ3n) is 8.79. The molecule has 0 bridgehead atoms. The third kappa shape index (κ3) is 9.44. The minimum Gasteiger partial charge on any atom is -0.466 e. The molecule has 5 rings (SSSR count). The number of rotatable bonds is 10. The van der Waals surface area contributed by atoms with Gasteiger partial charge in [-0.05, 0) is 137 Å². The van der Waals surface area contributed by atoms with Crippen LogP contribution < -0.4 is 9.44 Å². The van der Waals surface area contributed by atoms with Crippen molar-refractivity contribution in [1.82, 2.24) is 19.4 Å². The van der Waals surface area contributed by atoms with Gasteiger partial charge in [-0.2, -0.15) is 0 Å². The Bertz CT molecular complexity index is 2090. The van der Waals surface area contributed by atoms with Gasteiger partial charge in [-0.1, -0.05) is 24.3 Å². The molecule has 2 aromatic heterocycles. The predicted octanol–water partition coefficient (Wildman–Crippen LogP) is 7.95. The summed E-state index contributed by atoms with van der Waals surface area (Å²) < 4.78 is 65.5. The number of esters is 1. The maximum Gasteiger partial charge on any atom is 0.308 e. The molecule has 0 amide bonds. The second-order valence-corrected chi connectivity index (χ2v) is 19.8. The van der Waals surface area contributed by atoms with E-state index in [9.17, 15) is 26.8 Å². The minimum absolute atomic E-state index is 0.0592. The van der Waals surface area contributed by atoms with Gasteiger partial charge in [0, 0.05) is 28.9 Å². The van der Waals surface area contributed by atoms with Crippen molar-refractivity contribution >= 4 is 49.7 Å². The van der Waals surface area contributed by atoms with E-state index in [1.165, 1.54) is 12.1 Å². The zero-order chi connectivity index (χ0) is 40.2. The second kappa shape index (κ2) is 17.1. The Morgan fingerprint density at radius 1 is 0.889 bits per heavy atom. The van der Waals surface area contributed by atoms with Crippen LogP contribution in [0.25, 0.3) is 0 Å². The number of benzene rings is 2. The number of halogens is 3. The van der Waals surface area contributed by atoms with Crippen LogP contribution in [0.2, 0.25) is 0 Å². The Balaban J connectivity index is 0.000000243. The molecule has 0 aliphatic heterocycles. The highest BCUT2D eigenvalue weighted by Gasteiger charge is 2.49. The van der Waals surface area contributed by atoms with E-state index in [0.29, 0.717) is 43.7 Å². The molecule has 2 aromatic carbocycles. The van der Waals surface area contributed by atoms with Gasteiger partial charge < -0.3 is 4.74 Å². The van der Waals surface area contributed by atoms with Crippen molar-refractivity contribution in [2.75, 3.05) is 6.61 Å². The van der Waals surface area contributed by atoms with Gasteiger partial charge in [0.15, 0.2) is 5.78 Å². The van der Waals surface area contributed by atoms with E-state index in [0.717, 1.165) is 0 Å². The Morgan fingerprint density at radius 3 is 2.06 bits per heavy atom. The minimum atomic E-state index is -1.59. The monoisotopic (exact) mass is 844 g/mol. The molecular weight excluding hydrogens is 798 g/mol. The first-order valence-electron chi connectivity index (χ1n) is 17.3. The molecule has 0 saturated heterocycles. The molecule has 0 radical (unpaired) electrons. The van der Waals surface area contributed by atoms with Crippen LogP contribution in [0.1, 0.15) is 105 Å². The quantitative estimate of drug-likeness (QED) is 0.155. The van der Waals surface area contributed by atoms with Gasteiger partial charge in [-0.15, -0.1) is 0 Å². The summed E-state index contributed by atoms with van der Waals surface area (Å²) in [5.41, 5.74) is 0.929. The molecule has 0 saturated carbocycles. The highest BCUT2D eigenvalue weighted by molar-refractivity contribution is 9.10. The van der Waals surface area contributed by atoms with E-state index in [2.05, 4.69) is 35.3 Å². The number of hydrogen-bond acceptors (Lipinski definition) is 7. The SMILES string of the molecule is CCOC(=O)C[C@](N[S@](=O)C(C)(C)C)(c1ccc(C)c(F)c1)c1ncccc1Br.Cc1ccc([C@@]2(N[S@](=O)C(C)(C)C)CC(=O)c3cccnc32)cc1F. The Kier molecular flexibility index (Phi) is 13.6. The number of hydrogen-bond donors (Lipinski definition) is 2. The van der Waals surface area contributed by atoms with Gasteiger partial charge in [0.25, 0.3) is 0 Å². The average Bonchev–Trinajstić information content (AvgIpc) is 3.38. The molecule has 2 N–H and O–H groups in total. The number of aromatic nitrogens is 2. The molecule has 54 heavy (non-hydrogen) atoms. The number of ketones is 1. The summed E-state index contributed by atoms with van der Waals surface area (Å²) in [6.07, 6.45) is 3.02. The summed E-state index contributed by atoms with van der Waals surface area (Å²) in [5, 5.41) is 0. The van der Waals surface area contributed by atoms with E-state index in [-0.39, 0.29) is 31.0 Å². The molecule has 4 aromatic rings. The van der Waals surface area contributed by atoms with Crippen LogP contribution in [-0.4, -0.2) is 46.2 Å². The fraction of sp³-hybridized carbons (Fsp3) is 0.400. The highest BCUT2D eigenvalue weighted by atomic mass is 79.9. The topological polar surface area (TPSA) is 127 Å². The molecule has 0 unspecified atom stereocenters. The van der Waals surface area contributed by atoms with E-state index in [1.807, 2.05) is 41.5 Å². The first-order valence-corrected chi connectivity index (χ1v) is 20.4. The summed E-state index contributed by atoms with van der Waals surface area (Å²) in [4.78, 5) is 34.0. The number of nitrogens with zero attached hydrogens (tertiary/aromatic N) is 2. The van der Waals surface area contributed by atoms with Crippen molar-refractivity contribution in [3.63, 3.8) is 0 Å². The van der Waals surface area contributed by atoms with E-state index in [4.69, 9.17) is 4.74 Å². The Morgan fingerprint density at radius 2 is 1.48 bits per heavy atom. The Labute approximate surface area is 329 Å². The molecule has 2 heterocycles. The molecule has 14 heteroatoms. The lowest BCUT2D eigenvalue weighted by Crippen LogP contribution is -2.51. The first-order chi connectivity index (χ1) is 25.2. The molecular formula is C40H47BrF2N4O5S2. The van der Waals surface area contributed by atoms with Crippen LogP contribution in [0.15, 0.2) is 77.5 Å². The van der Waals surface area contributed by atoms with Crippen molar-refractivity contribution in [2.45, 2.75) is 95.7 Å². The maximum atomic E-state index is 14.5. The number of pyridine rings is 2. The molecule has 290 valence electrons. The highest BCUT2D eigenvalue weighted by Crippen LogP contribution is 2.42. The van der Waals surface area contributed by atoms with Crippen LogP contribution in [-0.2, 0) is 42.6 Å². The number of ether oxygens (including phenoxy) is 1. The predicted molar refractivity (Wildman–Crippen MR) is 212 cm³/mol. The van der Waals surface area contributed by atoms with Crippen LogP contribution in [0.5, 0.6) is 0 Å². The number of carbonyl (C=O) groups is 2. The smallest absolute Gasteiger partial charge is 0.308 e. The van der Waals surface area contributed by atoms with Crippen molar-refractivity contribution in [3.8, 4) is 0 Å². The fourth-order valence-electron chi connectivity index (χ4n) is 5.71. The summed E-state index contributed by atoms with van der Waals surface area (Å²) in [6.45, 7) is 16.2. The van der Waals surface area contributed by atoms with Crippen molar-refractivity contribution in [3.05, 3.63) is 128 Å². The molecule has 0 fully saturated rings. The molecule has 1 aliphatic carbocycles. The van der Waals surface area contributed by atoms with Gasteiger partial charge in [0.2, 0.25) is 0 Å². The fourth-order valence-corrected chi connectivity index (χ4v) is 8.12. The lowest BCUT2D eigenvalue weighted by atomic mass is 9.83. The van der Waals surface area contributed by atoms with Crippen LogP contribution in [0.3, 0.4) is 0 Å².